The highest BCUT2D eigenvalue weighted by molar-refractivity contribution is 5.90. The zero-order valence-electron chi connectivity index (χ0n) is 12.0. The van der Waals surface area contributed by atoms with Gasteiger partial charge in [0.1, 0.15) is 11.5 Å². The molecular weight excluding hydrogens is 290 g/mol. The number of carbonyl (C=O) groups is 1. The fraction of sp³-hybridized carbons (Fsp3) is 0.400. The molecule has 1 aromatic carbocycles. The fourth-order valence-corrected chi connectivity index (χ4v) is 2.56. The molecule has 3 rings (SSSR count). The monoisotopic (exact) mass is 305 g/mol. The van der Waals surface area contributed by atoms with Gasteiger partial charge in [-0.05, 0) is 25.5 Å². The first-order chi connectivity index (χ1) is 10.5. The predicted octanol–water partition coefficient (Wildman–Crippen LogP) is 2.77. The van der Waals surface area contributed by atoms with Crippen molar-refractivity contribution >= 4 is 11.7 Å². The maximum absolute atomic E-state index is 12.1. The van der Waals surface area contributed by atoms with E-state index in [1.54, 1.807) is 6.92 Å². The Morgan fingerprint density at radius 1 is 1.36 bits per heavy atom. The van der Waals surface area contributed by atoms with Gasteiger partial charge in [0.05, 0.1) is 17.1 Å². The molecule has 0 aromatic heterocycles. The number of ether oxygens (including phenoxy) is 3. The minimum Gasteiger partial charge on any atom is -0.466 e. The van der Waals surface area contributed by atoms with Gasteiger partial charge in [-0.15, -0.1) is 0 Å². The van der Waals surface area contributed by atoms with Crippen LogP contribution >= 0.6 is 0 Å². The van der Waals surface area contributed by atoms with Gasteiger partial charge in [0, 0.05) is 24.5 Å². The molecule has 2 unspecified atom stereocenters. The third kappa shape index (κ3) is 2.80. The molecule has 2 heterocycles. The van der Waals surface area contributed by atoms with E-state index in [0.29, 0.717) is 24.5 Å². The zero-order valence-corrected chi connectivity index (χ0v) is 12.0. The van der Waals surface area contributed by atoms with Gasteiger partial charge >= 0.3 is 5.97 Å². The molecule has 1 saturated heterocycles. The summed E-state index contributed by atoms with van der Waals surface area (Å²) in [5.41, 5.74) is 0.189. The topological polar surface area (TPSA) is 87.9 Å². The smallest absolute Gasteiger partial charge is 0.343 e. The number of non-ortho nitro benzene ring substituents is 1. The number of nitro groups is 1. The number of nitro benzene ring substituents is 1. The van der Waals surface area contributed by atoms with Crippen molar-refractivity contribution in [1.82, 2.24) is 0 Å². The van der Waals surface area contributed by atoms with Crippen LogP contribution in [0.5, 0.6) is 0 Å². The number of hydrogen-bond donors (Lipinski definition) is 0. The SMILES string of the molecule is CC1=C(OC(=O)c2ccc([N+](=O)[O-])cc2)CC2CCOC2O1. The highest BCUT2D eigenvalue weighted by atomic mass is 16.7. The van der Waals surface area contributed by atoms with E-state index in [1.807, 2.05) is 0 Å². The summed E-state index contributed by atoms with van der Waals surface area (Å²) in [4.78, 5) is 22.2. The third-order valence-corrected chi connectivity index (χ3v) is 3.82. The summed E-state index contributed by atoms with van der Waals surface area (Å²) in [5, 5.41) is 10.6. The fourth-order valence-electron chi connectivity index (χ4n) is 2.56. The average molecular weight is 305 g/mol. The second-order valence-corrected chi connectivity index (χ2v) is 5.28. The first kappa shape index (κ1) is 14.5. The summed E-state index contributed by atoms with van der Waals surface area (Å²) in [6, 6.07) is 5.30. The highest BCUT2D eigenvalue weighted by Crippen LogP contribution is 2.36. The van der Waals surface area contributed by atoms with E-state index >= 15 is 0 Å². The van der Waals surface area contributed by atoms with Crippen LogP contribution in [0.25, 0.3) is 0 Å². The summed E-state index contributed by atoms with van der Waals surface area (Å²) >= 11 is 0. The maximum atomic E-state index is 12.1. The molecule has 0 bridgehead atoms. The molecule has 116 valence electrons. The Bertz CT molecular complexity index is 636. The molecule has 1 fully saturated rings. The summed E-state index contributed by atoms with van der Waals surface area (Å²) in [5.74, 6) is 0.682. The number of carbonyl (C=O) groups excluding carboxylic acids is 1. The number of fused-ring (bicyclic) bond motifs is 1. The Kier molecular flexibility index (Phi) is 3.81. The van der Waals surface area contributed by atoms with Gasteiger partial charge in [0.25, 0.3) is 5.69 Å². The van der Waals surface area contributed by atoms with Crippen molar-refractivity contribution in [2.75, 3.05) is 6.61 Å². The number of allylic oxidation sites excluding steroid dienone is 2. The van der Waals surface area contributed by atoms with Gasteiger partial charge in [-0.1, -0.05) is 0 Å². The van der Waals surface area contributed by atoms with E-state index in [4.69, 9.17) is 14.2 Å². The molecule has 7 nitrogen and oxygen atoms in total. The van der Waals surface area contributed by atoms with Crippen molar-refractivity contribution < 1.29 is 23.9 Å². The number of nitrogens with zero attached hydrogens (tertiary/aromatic N) is 1. The molecule has 1 aromatic rings. The van der Waals surface area contributed by atoms with E-state index in [0.717, 1.165) is 6.42 Å². The highest BCUT2D eigenvalue weighted by Gasteiger charge is 2.36. The van der Waals surface area contributed by atoms with Crippen molar-refractivity contribution in [2.24, 2.45) is 5.92 Å². The van der Waals surface area contributed by atoms with Crippen LogP contribution in [-0.2, 0) is 14.2 Å². The Morgan fingerprint density at radius 3 is 2.77 bits per heavy atom. The van der Waals surface area contributed by atoms with Gasteiger partial charge in [-0.25, -0.2) is 4.79 Å². The van der Waals surface area contributed by atoms with Crippen LogP contribution in [0, 0.1) is 16.0 Å². The number of benzene rings is 1. The molecule has 0 radical (unpaired) electrons. The standard InChI is InChI=1S/C15H15NO6/c1-9-13(8-11-6-7-20-15(11)21-9)22-14(17)10-2-4-12(5-3-10)16(18)19/h2-5,11,15H,6-8H2,1H3. The quantitative estimate of drug-likeness (QED) is 0.484. The minimum atomic E-state index is -0.551. The molecule has 0 saturated carbocycles. The van der Waals surface area contributed by atoms with E-state index in [9.17, 15) is 14.9 Å². The van der Waals surface area contributed by atoms with Gasteiger partial charge in [-0.2, -0.15) is 0 Å². The van der Waals surface area contributed by atoms with Crippen molar-refractivity contribution in [2.45, 2.75) is 26.1 Å². The maximum Gasteiger partial charge on any atom is 0.343 e. The molecule has 0 spiro atoms. The number of rotatable bonds is 3. The van der Waals surface area contributed by atoms with Crippen LogP contribution in [0.2, 0.25) is 0 Å². The number of hydrogen-bond acceptors (Lipinski definition) is 6. The molecule has 2 atom stereocenters. The Labute approximate surface area is 126 Å². The molecule has 7 heteroatoms. The van der Waals surface area contributed by atoms with E-state index in [-0.39, 0.29) is 23.5 Å². The van der Waals surface area contributed by atoms with Crippen molar-refractivity contribution in [3.8, 4) is 0 Å². The second kappa shape index (κ2) is 5.76. The van der Waals surface area contributed by atoms with Crippen LogP contribution in [0.3, 0.4) is 0 Å². The lowest BCUT2D eigenvalue weighted by Gasteiger charge is -2.27. The summed E-state index contributed by atoms with van der Waals surface area (Å²) < 4.78 is 16.4. The number of esters is 1. The molecule has 2 aliphatic heterocycles. The molecule has 0 aliphatic carbocycles. The third-order valence-electron chi connectivity index (χ3n) is 3.82. The van der Waals surface area contributed by atoms with Crippen LogP contribution in [0.4, 0.5) is 5.69 Å². The van der Waals surface area contributed by atoms with E-state index in [1.165, 1.54) is 24.3 Å². The molecule has 22 heavy (non-hydrogen) atoms. The first-order valence-electron chi connectivity index (χ1n) is 6.99. The summed E-state index contributed by atoms with van der Waals surface area (Å²) in [6.45, 7) is 2.38. The van der Waals surface area contributed by atoms with Crippen LogP contribution in [-0.4, -0.2) is 23.8 Å². The largest absolute Gasteiger partial charge is 0.466 e. The van der Waals surface area contributed by atoms with Crippen molar-refractivity contribution in [3.05, 3.63) is 51.5 Å². The lowest BCUT2D eigenvalue weighted by molar-refractivity contribution is -0.384. The molecular formula is C15H15NO6. The lowest BCUT2D eigenvalue weighted by Crippen LogP contribution is -2.26. The van der Waals surface area contributed by atoms with Crippen molar-refractivity contribution in [3.63, 3.8) is 0 Å². The van der Waals surface area contributed by atoms with E-state index < -0.39 is 10.9 Å². The van der Waals surface area contributed by atoms with Crippen LogP contribution in [0.15, 0.2) is 35.8 Å². The van der Waals surface area contributed by atoms with Gasteiger partial charge in [-0.3, -0.25) is 10.1 Å². The second-order valence-electron chi connectivity index (χ2n) is 5.28. The van der Waals surface area contributed by atoms with Crippen molar-refractivity contribution in [1.29, 1.82) is 0 Å². The Balaban J connectivity index is 1.71. The van der Waals surface area contributed by atoms with Crippen LogP contribution in [0.1, 0.15) is 30.1 Å². The molecule has 0 N–H and O–H groups in total. The summed E-state index contributed by atoms with van der Waals surface area (Å²) in [6.07, 6.45) is 1.22. The Hall–Kier alpha value is -2.41. The predicted molar refractivity (Wildman–Crippen MR) is 74.8 cm³/mol. The summed E-state index contributed by atoms with van der Waals surface area (Å²) in [7, 11) is 0. The average Bonchev–Trinajstić information content (AvgIpc) is 2.94. The lowest BCUT2D eigenvalue weighted by atomic mass is 9.99. The minimum absolute atomic E-state index is 0.0705. The molecule has 2 aliphatic rings. The van der Waals surface area contributed by atoms with Gasteiger partial charge in [0.15, 0.2) is 0 Å². The Morgan fingerprint density at radius 2 is 2.09 bits per heavy atom. The van der Waals surface area contributed by atoms with Crippen LogP contribution < -0.4 is 0 Å². The normalized spacial score (nSPS) is 23.7. The first-order valence-corrected chi connectivity index (χ1v) is 6.99. The zero-order chi connectivity index (χ0) is 15.7. The van der Waals surface area contributed by atoms with Gasteiger partial charge in [0.2, 0.25) is 6.29 Å². The van der Waals surface area contributed by atoms with Gasteiger partial charge < -0.3 is 14.2 Å². The molecule has 0 amide bonds. The van der Waals surface area contributed by atoms with E-state index in [2.05, 4.69) is 0 Å².